The Kier molecular flexibility index (Phi) is 11.7. The Balaban J connectivity index is 0.00000364. The number of halogens is 2. The molecule has 1 atom stereocenters. The summed E-state index contributed by atoms with van der Waals surface area (Å²) in [5, 5.41) is 6.54. The maximum absolute atomic E-state index is 14.3. The van der Waals surface area contributed by atoms with Gasteiger partial charge in [0.05, 0.1) is 12.6 Å². The van der Waals surface area contributed by atoms with E-state index in [2.05, 4.69) is 15.6 Å². The lowest BCUT2D eigenvalue weighted by Crippen LogP contribution is -2.38. The summed E-state index contributed by atoms with van der Waals surface area (Å²) in [6.07, 6.45) is 3.26. The summed E-state index contributed by atoms with van der Waals surface area (Å²) in [5.41, 5.74) is 0.862. The number of guanidine groups is 1. The monoisotopic (exact) mass is 493 g/mol. The largest absolute Gasteiger partial charge is 0.490 e. The van der Waals surface area contributed by atoms with E-state index in [0.29, 0.717) is 31.4 Å². The summed E-state index contributed by atoms with van der Waals surface area (Å²) in [6, 6.07) is 5.10. The van der Waals surface area contributed by atoms with Crippen molar-refractivity contribution in [1.29, 1.82) is 0 Å². The molecule has 1 fully saturated rings. The molecule has 154 valence electrons. The number of hydrogen-bond donors (Lipinski definition) is 2. The predicted molar refractivity (Wildman–Crippen MR) is 119 cm³/mol. The van der Waals surface area contributed by atoms with Gasteiger partial charge in [0.1, 0.15) is 0 Å². The molecule has 0 spiro atoms. The van der Waals surface area contributed by atoms with Gasteiger partial charge in [0, 0.05) is 26.3 Å². The fraction of sp³-hybridized carbons (Fsp3) is 0.650. The molecule has 0 bridgehead atoms. The maximum Gasteiger partial charge on any atom is 0.191 e. The zero-order valence-corrected chi connectivity index (χ0v) is 18.9. The van der Waals surface area contributed by atoms with Crippen LogP contribution in [0.3, 0.4) is 0 Å². The van der Waals surface area contributed by atoms with Gasteiger partial charge in [-0.15, -0.1) is 24.0 Å². The standard InChI is InChI=1S/C20H32FN3O2.HI/c1-4-22-20(23-11-6-12-25-5-2)24-15(3)17-9-10-19(18(21)13-17)26-14-16-7-8-16;/h9-10,13,15-16H,4-8,11-12,14H2,1-3H3,(H2,22,23,24);1H. The number of hydrogen-bond acceptors (Lipinski definition) is 3. The molecular weight excluding hydrogens is 460 g/mol. The van der Waals surface area contributed by atoms with Crippen LogP contribution < -0.4 is 15.4 Å². The van der Waals surface area contributed by atoms with E-state index in [-0.39, 0.29) is 35.8 Å². The number of nitrogens with zero attached hydrogens (tertiary/aromatic N) is 1. The Morgan fingerprint density at radius 1 is 1.33 bits per heavy atom. The molecule has 1 aliphatic carbocycles. The average molecular weight is 493 g/mol. The lowest BCUT2D eigenvalue weighted by molar-refractivity contribution is 0.146. The van der Waals surface area contributed by atoms with Crippen LogP contribution in [0, 0.1) is 11.7 Å². The fourth-order valence-corrected chi connectivity index (χ4v) is 2.51. The normalized spacial score (nSPS) is 15.0. The Labute approximate surface area is 179 Å². The molecule has 7 heteroatoms. The van der Waals surface area contributed by atoms with Gasteiger partial charge >= 0.3 is 0 Å². The highest BCUT2D eigenvalue weighted by Crippen LogP contribution is 2.30. The molecule has 0 aliphatic heterocycles. The van der Waals surface area contributed by atoms with E-state index in [1.807, 2.05) is 26.8 Å². The van der Waals surface area contributed by atoms with Crippen LogP contribution >= 0.6 is 24.0 Å². The topological polar surface area (TPSA) is 54.9 Å². The predicted octanol–water partition coefficient (Wildman–Crippen LogP) is 4.28. The summed E-state index contributed by atoms with van der Waals surface area (Å²) < 4.78 is 25.2. The number of aliphatic imine (C=N–C) groups is 1. The average Bonchev–Trinajstić information content (AvgIpc) is 3.45. The highest BCUT2D eigenvalue weighted by atomic mass is 127. The third-order valence-corrected chi connectivity index (χ3v) is 4.25. The molecule has 2 rings (SSSR count). The molecule has 5 nitrogen and oxygen atoms in total. The van der Waals surface area contributed by atoms with Gasteiger partial charge in [0.15, 0.2) is 17.5 Å². The summed E-state index contributed by atoms with van der Waals surface area (Å²) >= 11 is 0. The number of ether oxygens (including phenoxy) is 2. The minimum Gasteiger partial charge on any atom is -0.490 e. The molecule has 0 aromatic heterocycles. The smallest absolute Gasteiger partial charge is 0.191 e. The van der Waals surface area contributed by atoms with E-state index in [4.69, 9.17) is 9.47 Å². The molecule has 1 aliphatic rings. The molecule has 1 unspecified atom stereocenters. The molecule has 0 amide bonds. The molecule has 0 radical (unpaired) electrons. The van der Waals surface area contributed by atoms with Crippen molar-refractivity contribution in [1.82, 2.24) is 10.6 Å². The lowest BCUT2D eigenvalue weighted by atomic mass is 10.1. The van der Waals surface area contributed by atoms with Gasteiger partial charge in [-0.05, 0) is 63.6 Å². The van der Waals surface area contributed by atoms with Crippen LogP contribution in [-0.2, 0) is 4.74 Å². The Bertz CT molecular complexity index is 582. The van der Waals surface area contributed by atoms with Crippen molar-refractivity contribution in [2.45, 2.75) is 46.1 Å². The third kappa shape index (κ3) is 9.10. The van der Waals surface area contributed by atoms with Crippen LogP contribution in [0.4, 0.5) is 4.39 Å². The zero-order valence-electron chi connectivity index (χ0n) is 16.6. The van der Waals surface area contributed by atoms with Crippen molar-refractivity contribution in [3.63, 3.8) is 0 Å². The SMILES string of the molecule is CCNC(=NCCCOCC)NC(C)c1ccc(OCC2CC2)c(F)c1.I. The zero-order chi connectivity index (χ0) is 18.8. The van der Waals surface area contributed by atoms with Gasteiger partial charge in [-0.2, -0.15) is 0 Å². The fourth-order valence-electron chi connectivity index (χ4n) is 2.51. The van der Waals surface area contributed by atoms with E-state index in [0.717, 1.165) is 31.1 Å². The Morgan fingerprint density at radius 2 is 2.11 bits per heavy atom. The Morgan fingerprint density at radius 3 is 2.74 bits per heavy atom. The van der Waals surface area contributed by atoms with Crippen LogP contribution in [0.15, 0.2) is 23.2 Å². The van der Waals surface area contributed by atoms with Gasteiger partial charge in [-0.3, -0.25) is 4.99 Å². The van der Waals surface area contributed by atoms with Crippen molar-refractivity contribution >= 4 is 29.9 Å². The van der Waals surface area contributed by atoms with Gasteiger partial charge in [-0.25, -0.2) is 4.39 Å². The van der Waals surface area contributed by atoms with Crippen molar-refractivity contribution < 1.29 is 13.9 Å². The quantitative estimate of drug-likeness (QED) is 0.209. The second-order valence-electron chi connectivity index (χ2n) is 6.62. The maximum atomic E-state index is 14.3. The first-order valence-electron chi connectivity index (χ1n) is 9.68. The van der Waals surface area contributed by atoms with E-state index in [1.54, 1.807) is 12.1 Å². The Hall–Kier alpha value is -1.09. The van der Waals surface area contributed by atoms with Crippen LogP contribution in [0.2, 0.25) is 0 Å². The highest BCUT2D eigenvalue weighted by molar-refractivity contribution is 14.0. The van der Waals surface area contributed by atoms with Gasteiger partial charge in [0.2, 0.25) is 0 Å². The van der Waals surface area contributed by atoms with E-state index in [1.165, 1.54) is 12.8 Å². The minimum absolute atomic E-state index is 0. The van der Waals surface area contributed by atoms with Gasteiger partial charge in [-0.1, -0.05) is 6.07 Å². The van der Waals surface area contributed by atoms with Crippen LogP contribution in [0.25, 0.3) is 0 Å². The third-order valence-electron chi connectivity index (χ3n) is 4.25. The van der Waals surface area contributed by atoms with E-state index < -0.39 is 0 Å². The minimum atomic E-state index is -0.310. The van der Waals surface area contributed by atoms with Crippen molar-refractivity contribution in [3.8, 4) is 5.75 Å². The summed E-state index contributed by atoms with van der Waals surface area (Å²) in [5.74, 6) is 1.36. The molecule has 1 aromatic rings. The molecule has 1 saturated carbocycles. The van der Waals surface area contributed by atoms with Gasteiger partial charge < -0.3 is 20.1 Å². The summed E-state index contributed by atoms with van der Waals surface area (Å²) in [7, 11) is 0. The molecule has 0 heterocycles. The second-order valence-corrected chi connectivity index (χ2v) is 6.62. The molecule has 0 saturated heterocycles. The van der Waals surface area contributed by atoms with Crippen LogP contribution in [0.1, 0.15) is 51.6 Å². The molecular formula is C20H33FIN3O2. The van der Waals surface area contributed by atoms with E-state index >= 15 is 0 Å². The van der Waals surface area contributed by atoms with Crippen LogP contribution in [-0.4, -0.2) is 38.9 Å². The number of rotatable bonds is 11. The van der Waals surface area contributed by atoms with Crippen molar-refractivity contribution in [3.05, 3.63) is 29.6 Å². The summed E-state index contributed by atoms with van der Waals surface area (Å²) in [4.78, 5) is 4.54. The number of benzene rings is 1. The first-order valence-corrected chi connectivity index (χ1v) is 9.68. The van der Waals surface area contributed by atoms with Gasteiger partial charge in [0.25, 0.3) is 0 Å². The lowest BCUT2D eigenvalue weighted by Gasteiger charge is -2.19. The van der Waals surface area contributed by atoms with Crippen LogP contribution in [0.5, 0.6) is 5.75 Å². The second kappa shape index (κ2) is 13.1. The molecule has 2 N–H and O–H groups in total. The first-order chi connectivity index (χ1) is 12.6. The van der Waals surface area contributed by atoms with Crippen molar-refractivity contribution in [2.24, 2.45) is 10.9 Å². The molecule has 1 aromatic carbocycles. The first kappa shape index (κ1) is 23.9. The van der Waals surface area contributed by atoms with E-state index in [9.17, 15) is 4.39 Å². The highest BCUT2D eigenvalue weighted by Gasteiger charge is 2.22. The number of nitrogens with one attached hydrogen (secondary N) is 2. The summed E-state index contributed by atoms with van der Waals surface area (Å²) in [6.45, 7) is 9.51. The van der Waals surface area contributed by atoms with Crippen molar-refractivity contribution in [2.75, 3.05) is 32.9 Å². The molecule has 27 heavy (non-hydrogen) atoms.